The molecule has 35 heavy (non-hydrogen) atoms. The minimum atomic E-state index is -4.48. The Kier molecular flexibility index (Phi) is 6.74. The van der Waals surface area contributed by atoms with Crippen LogP contribution in [0.2, 0.25) is 5.02 Å². The summed E-state index contributed by atoms with van der Waals surface area (Å²) in [5, 5.41) is 15.6. The first kappa shape index (κ1) is 25.3. The van der Waals surface area contributed by atoms with Crippen molar-refractivity contribution in [3.8, 4) is 32.4 Å². The van der Waals surface area contributed by atoms with E-state index in [1.165, 1.54) is 17.4 Å². The van der Waals surface area contributed by atoms with E-state index in [4.69, 9.17) is 16.3 Å². The molecule has 4 nitrogen and oxygen atoms in total. The number of hydrogen-bond acceptors (Lipinski definition) is 4. The van der Waals surface area contributed by atoms with Crippen LogP contribution < -0.4 is 4.74 Å². The number of hydrogen-bond donors (Lipinski definition) is 1. The highest BCUT2D eigenvalue weighted by Gasteiger charge is 2.32. The highest BCUT2D eigenvalue weighted by atomic mass is 35.5. The average molecular weight is 521 g/mol. The van der Waals surface area contributed by atoms with Crippen molar-refractivity contribution in [2.75, 3.05) is 0 Å². The second-order valence-electron chi connectivity index (χ2n) is 8.88. The zero-order chi connectivity index (χ0) is 25.5. The van der Waals surface area contributed by atoms with E-state index >= 15 is 0 Å². The summed E-state index contributed by atoms with van der Waals surface area (Å²) in [5.41, 5.74) is 0.119. The fraction of sp³-hybridized carbons (Fsp3) is 0.269. The molecular formula is C26H24ClF3N2O2S. The molecule has 0 radical (unpaired) electrons. The molecule has 184 valence electrons. The van der Waals surface area contributed by atoms with Gasteiger partial charge in [-0.15, -0.1) is 11.3 Å². The van der Waals surface area contributed by atoms with Crippen LogP contribution >= 0.6 is 22.9 Å². The van der Waals surface area contributed by atoms with Gasteiger partial charge in [0.25, 0.3) is 0 Å². The number of halogens is 4. The van der Waals surface area contributed by atoms with Crippen molar-refractivity contribution >= 4 is 22.9 Å². The number of nitrogens with zero attached hydrogens (tertiary/aromatic N) is 2. The number of para-hydroxylation sites is 1. The Morgan fingerprint density at radius 2 is 1.69 bits per heavy atom. The molecule has 0 saturated heterocycles. The van der Waals surface area contributed by atoms with E-state index in [2.05, 4.69) is 5.10 Å². The summed E-state index contributed by atoms with van der Waals surface area (Å²) in [4.78, 5) is 1.36. The van der Waals surface area contributed by atoms with Gasteiger partial charge in [-0.05, 0) is 76.2 Å². The number of rotatable bonds is 6. The first-order valence-corrected chi connectivity index (χ1v) is 12.1. The van der Waals surface area contributed by atoms with Gasteiger partial charge in [0.1, 0.15) is 11.4 Å². The van der Waals surface area contributed by atoms with Gasteiger partial charge in [0.15, 0.2) is 0 Å². The predicted octanol–water partition coefficient (Wildman–Crippen LogP) is 7.95. The summed E-state index contributed by atoms with van der Waals surface area (Å²) in [6, 6.07) is 16.0. The molecule has 0 saturated carbocycles. The van der Waals surface area contributed by atoms with Gasteiger partial charge in [-0.3, -0.25) is 0 Å². The molecular weight excluding hydrogens is 497 g/mol. The Hall–Kier alpha value is -2.81. The van der Waals surface area contributed by atoms with Crippen molar-refractivity contribution in [2.45, 2.75) is 45.6 Å². The van der Waals surface area contributed by atoms with Crippen LogP contribution in [0.15, 0.2) is 60.7 Å². The van der Waals surface area contributed by atoms with Gasteiger partial charge in [0, 0.05) is 10.4 Å². The maximum absolute atomic E-state index is 13.5. The third kappa shape index (κ3) is 5.39. The molecule has 0 aliphatic rings. The molecule has 0 fully saturated rings. The van der Waals surface area contributed by atoms with Crippen LogP contribution in [0.1, 0.15) is 39.0 Å². The standard InChI is InChI=1S/C26H24ClF3N2O2S/c1-15(2)34-21-10-9-16(26(28,29)30)13-17(21)22-11-12-23(35-22)20-14-24(25(3,4)33)31-32(20)19-8-6-5-7-18(19)27/h5-15,33H,1-4H3. The lowest BCUT2D eigenvalue weighted by molar-refractivity contribution is -0.137. The van der Waals surface area contributed by atoms with E-state index in [1.54, 1.807) is 42.8 Å². The van der Waals surface area contributed by atoms with E-state index in [0.717, 1.165) is 17.0 Å². The van der Waals surface area contributed by atoms with E-state index in [-0.39, 0.29) is 6.10 Å². The van der Waals surface area contributed by atoms with Gasteiger partial charge in [0.2, 0.25) is 0 Å². The number of thiophene rings is 1. The molecule has 0 bridgehead atoms. The molecule has 0 spiro atoms. The Balaban J connectivity index is 1.87. The fourth-order valence-electron chi connectivity index (χ4n) is 3.54. The van der Waals surface area contributed by atoms with E-state index in [9.17, 15) is 18.3 Å². The molecule has 0 atom stereocenters. The lowest BCUT2D eigenvalue weighted by Gasteiger charge is -2.16. The Morgan fingerprint density at radius 1 is 1.00 bits per heavy atom. The smallest absolute Gasteiger partial charge is 0.416 e. The van der Waals surface area contributed by atoms with Gasteiger partial charge in [0.05, 0.1) is 38.6 Å². The van der Waals surface area contributed by atoms with Crippen LogP contribution in [0.25, 0.3) is 26.7 Å². The number of aliphatic hydroxyl groups is 1. The molecule has 4 rings (SSSR count). The molecule has 0 aliphatic heterocycles. The maximum Gasteiger partial charge on any atom is 0.416 e. The van der Waals surface area contributed by atoms with Gasteiger partial charge in [-0.2, -0.15) is 18.3 Å². The lowest BCUT2D eigenvalue weighted by Crippen LogP contribution is -2.16. The predicted molar refractivity (Wildman–Crippen MR) is 133 cm³/mol. The summed E-state index contributed by atoms with van der Waals surface area (Å²) in [5.74, 6) is 0.373. The van der Waals surface area contributed by atoms with Crippen LogP contribution in [0.4, 0.5) is 13.2 Å². The van der Waals surface area contributed by atoms with Crippen molar-refractivity contribution in [3.05, 3.63) is 76.9 Å². The molecule has 1 N–H and O–H groups in total. The van der Waals surface area contributed by atoms with Gasteiger partial charge >= 0.3 is 6.18 Å². The molecule has 0 amide bonds. The molecule has 2 aromatic carbocycles. The summed E-state index contributed by atoms with van der Waals surface area (Å²) >= 11 is 7.73. The van der Waals surface area contributed by atoms with Crippen LogP contribution in [-0.2, 0) is 11.8 Å². The molecule has 2 heterocycles. The van der Waals surface area contributed by atoms with Gasteiger partial charge in [-0.25, -0.2) is 4.68 Å². The van der Waals surface area contributed by atoms with Gasteiger partial charge in [-0.1, -0.05) is 23.7 Å². The maximum atomic E-state index is 13.5. The number of ether oxygens (including phenoxy) is 1. The minimum absolute atomic E-state index is 0.207. The monoisotopic (exact) mass is 520 g/mol. The van der Waals surface area contributed by atoms with Gasteiger partial charge < -0.3 is 9.84 Å². The fourth-order valence-corrected chi connectivity index (χ4v) is 4.78. The van der Waals surface area contributed by atoms with Crippen molar-refractivity contribution < 1.29 is 23.0 Å². The molecule has 9 heteroatoms. The van der Waals surface area contributed by atoms with Crippen molar-refractivity contribution in [1.82, 2.24) is 9.78 Å². The Morgan fingerprint density at radius 3 is 2.31 bits per heavy atom. The molecule has 2 aromatic heterocycles. The zero-order valence-corrected chi connectivity index (χ0v) is 21.1. The third-order valence-electron chi connectivity index (χ3n) is 5.21. The number of aromatic nitrogens is 2. The second kappa shape index (κ2) is 9.33. The first-order valence-electron chi connectivity index (χ1n) is 10.9. The average Bonchev–Trinajstić information content (AvgIpc) is 3.40. The lowest BCUT2D eigenvalue weighted by atomic mass is 10.1. The van der Waals surface area contributed by atoms with Crippen LogP contribution in [0, 0.1) is 0 Å². The summed E-state index contributed by atoms with van der Waals surface area (Å²) < 4.78 is 47.8. The largest absolute Gasteiger partial charge is 0.490 e. The summed E-state index contributed by atoms with van der Waals surface area (Å²) in [7, 11) is 0. The molecule has 0 aliphatic carbocycles. The topological polar surface area (TPSA) is 47.3 Å². The zero-order valence-electron chi connectivity index (χ0n) is 19.5. The minimum Gasteiger partial charge on any atom is -0.490 e. The summed E-state index contributed by atoms with van der Waals surface area (Å²) in [6.07, 6.45) is -4.68. The number of alkyl halides is 3. The van der Waals surface area contributed by atoms with Crippen LogP contribution in [-0.4, -0.2) is 21.0 Å². The van der Waals surface area contributed by atoms with Crippen molar-refractivity contribution in [1.29, 1.82) is 0 Å². The quantitative estimate of drug-likeness (QED) is 0.280. The third-order valence-corrected chi connectivity index (χ3v) is 6.67. The normalized spacial score (nSPS) is 12.4. The first-order chi connectivity index (χ1) is 16.3. The Labute approximate surface area is 210 Å². The number of benzene rings is 2. The summed E-state index contributed by atoms with van der Waals surface area (Å²) in [6.45, 7) is 6.91. The van der Waals surface area contributed by atoms with Crippen molar-refractivity contribution in [3.63, 3.8) is 0 Å². The van der Waals surface area contributed by atoms with E-state index < -0.39 is 17.3 Å². The Bertz CT molecular complexity index is 1350. The van der Waals surface area contributed by atoms with Crippen LogP contribution in [0.5, 0.6) is 5.75 Å². The van der Waals surface area contributed by atoms with E-state index in [0.29, 0.717) is 38.3 Å². The van der Waals surface area contributed by atoms with E-state index in [1.807, 2.05) is 32.0 Å². The molecule has 4 aromatic rings. The van der Waals surface area contributed by atoms with Crippen molar-refractivity contribution in [2.24, 2.45) is 0 Å². The highest BCUT2D eigenvalue weighted by molar-refractivity contribution is 7.18. The molecule has 0 unspecified atom stereocenters. The SMILES string of the molecule is CC(C)Oc1ccc(C(F)(F)F)cc1-c1ccc(-c2cc(C(C)(C)O)nn2-c2ccccc2Cl)s1. The van der Waals surface area contributed by atoms with Crippen LogP contribution in [0.3, 0.4) is 0 Å². The second-order valence-corrected chi connectivity index (χ2v) is 10.4. The highest BCUT2D eigenvalue weighted by Crippen LogP contribution is 2.43.